The van der Waals surface area contributed by atoms with Crippen LogP contribution in [0.5, 0.6) is 5.75 Å². The Hall–Kier alpha value is -3.95. The van der Waals surface area contributed by atoms with Gasteiger partial charge in [-0.15, -0.1) is 0 Å². The molecule has 0 fully saturated rings. The van der Waals surface area contributed by atoms with Crippen LogP contribution < -0.4 is 21.3 Å². The molecule has 1 aliphatic heterocycles. The second-order valence-corrected chi connectivity index (χ2v) is 9.39. The third-order valence-electron chi connectivity index (χ3n) is 5.18. The number of hydrogen-bond donors (Lipinski definition) is 7. The fourth-order valence-corrected chi connectivity index (χ4v) is 4.28. The molecule has 2 aromatic carbocycles. The molecule has 2 aromatic rings. The van der Waals surface area contributed by atoms with E-state index in [1.54, 1.807) is 0 Å². The number of phenolic OH excluding ortho intramolecular Hbond substituents is 1. The van der Waals surface area contributed by atoms with Crippen LogP contribution in [0.15, 0.2) is 39.8 Å². The van der Waals surface area contributed by atoms with Crippen LogP contribution in [-0.2, 0) is 9.59 Å². The van der Waals surface area contributed by atoms with Gasteiger partial charge in [0.1, 0.15) is 5.75 Å². The largest absolute Gasteiger partial charge is 0.506 e. The van der Waals surface area contributed by atoms with Gasteiger partial charge in [-0.25, -0.2) is 0 Å². The number of amides is 2. The van der Waals surface area contributed by atoms with Gasteiger partial charge in [-0.1, -0.05) is 11.6 Å². The van der Waals surface area contributed by atoms with Gasteiger partial charge in [0.2, 0.25) is 5.91 Å². The Morgan fingerprint density at radius 3 is 2.63 bits per heavy atom. The van der Waals surface area contributed by atoms with E-state index < -0.39 is 53.5 Å². The molecule has 0 aliphatic carbocycles. The zero-order chi connectivity index (χ0) is 28.0. The number of β-amino-alcohol motifs (C(OH)–C–C–N with tert-alkyl or cyclic N) is 1. The number of aliphatic carboxylic acids is 1. The second-order valence-electron chi connectivity index (χ2n) is 8.10. The fraction of sp³-hybridized carbons (Fsp3) is 0.273. The number of phenols is 1. The number of guanidine groups is 1. The van der Waals surface area contributed by atoms with E-state index in [9.17, 15) is 39.8 Å². The minimum atomic E-state index is -1.27. The van der Waals surface area contributed by atoms with Gasteiger partial charge in [-0.2, -0.15) is 0 Å². The SMILES string of the molecule is O=C(O)C[C@H](NC(=O)CNC(=O)c1cc(NC2=NCC(O)CN2)cc([N+](=O)[O-])c1)c1cc(Cl)cc(Br)c1O. The summed E-state index contributed by atoms with van der Waals surface area (Å²) in [5.74, 6) is -2.93. The van der Waals surface area contributed by atoms with Crippen molar-refractivity contribution >= 4 is 62.6 Å². The number of carbonyl (C=O) groups excluding carboxylic acids is 2. The number of anilines is 1. The van der Waals surface area contributed by atoms with Crippen LogP contribution in [-0.4, -0.2) is 69.7 Å². The third kappa shape index (κ3) is 7.77. The molecule has 16 heteroatoms. The molecule has 1 aliphatic rings. The summed E-state index contributed by atoms with van der Waals surface area (Å²) in [6, 6.07) is 5.03. The number of carboxylic acid groups (broad SMARTS) is 1. The maximum Gasteiger partial charge on any atom is 0.305 e. The molecule has 2 amide bonds. The quantitative estimate of drug-likeness (QED) is 0.160. The number of rotatable bonds is 9. The van der Waals surface area contributed by atoms with Crippen molar-refractivity contribution in [3.05, 3.63) is 61.1 Å². The lowest BCUT2D eigenvalue weighted by Gasteiger charge is -2.20. The highest BCUT2D eigenvalue weighted by molar-refractivity contribution is 9.10. The number of nitrogens with zero attached hydrogens (tertiary/aromatic N) is 2. The smallest absolute Gasteiger partial charge is 0.305 e. The maximum absolute atomic E-state index is 12.7. The van der Waals surface area contributed by atoms with E-state index in [-0.39, 0.29) is 51.1 Å². The van der Waals surface area contributed by atoms with Crippen molar-refractivity contribution in [2.75, 3.05) is 25.0 Å². The van der Waals surface area contributed by atoms with Gasteiger partial charge in [0.15, 0.2) is 5.96 Å². The number of halogens is 2. The highest BCUT2D eigenvalue weighted by Gasteiger charge is 2.24. The third-order valence-corrected chi connectivity index (χ3v) is 6.00. The Balaban J connectivity index is 1.72. The first-order valence-corrected chi connectivity index (χ1v) is 12.1. The fourth-order valence-electron chi connectivity index (χ4n) is 3.44. The molecule has 2 atom stereocenters. The van der Waals surface area contributed by atoms with Gasteiger partial charge in [0.25, 0.3) is 11.6 Å². The zero-order valence-corrected chi connectivity index (χ0v) is 21.7. The summed E-state index contributed by atoms with van der Waals surface area (Å²) < 4.78 is 0.193. The highest BCUT2D eigenvalue weighted by atomic mass is 79.9. The van der Waals surface area contributed by atoms with Gasteiger partial charge in [-0.3, -0.25) is 29.5 Å². The Bertz CT molecular complexity index is 1310. The van der Waals surface area contributed by atoms with Crippen LogP contribution in [0.1, 0.15) is 28.4 Å². The monoisotopic (exact) mass is 612 g/mol. The predicted octanol–water partition coefficient (Wildman–Crippen LogP) is 1.51. The minimum absolute atomic E-state index is 0.0487. The lowest BCUT2D eigenvalue weighted by molar-refractivity contribution is -0.384. The van der Waals surface area contributed by atoms with Crippen LogP contribution in [0.3, 0.4) is 0 Å². The number of non-ortho nitro benzene ring substituents is 1. The van der Waals surface area contributed by atoms with Gasteiger partial charge in [0, 0.05) is 40.5 Å². The van der Waals surface area contributed by atoms with E-state index >= 15 is 0 Å². The summed E-state index contributed by atoms with van der Waals surface area (Å²) in [5, 5.41) is 51.0. The molecule has 0 aromatic heterocycles. The molecule has 202 valence electrons. The number of aliphatic hydroxyl groups excluding tert-OH is 1. The van der Waals surface area contributed by atoms with Gasteiger partial charge >= 0.3 is 5.97 Å². The van der Waals surface area contributed by atoms with Crippen molar-refractivity contribution in [2.24, 2.45) is 4.99 Å². The molecule has 0 bridgehead atoms. The summed E-state index contributed by atoms with van der Waals surface area (Å²) in [4.78, 5) is 51.3. The molecule has 7 N–H and O–H groups in total. The van der Waals surface area contributed by atoms with Crippen molar-refractivity contribution in [1.82, 2.24) is 16.0 Å². The van der Waals surface area contributed by atoms with E-state index in [4.69, 9.17) is 11.6 Å². The molecular formula is C22H22BrClN6O8. The Labute approximate surface area is 228 Å². The Morgan fingerprint density at radius 2 is 2.00 bits per heavy atom. The van der Waals surface area contributed by atoms with Gasteiger partial charge < -0.3 is 36.6 Å². The van der Waals surface area contributed by atoms with E-state index in [0.717, 1.165) is 6.07 Å². The molecule has 0 saturated carbocycles. The first-order chi connectivity index (χ1) is 17.9. The van der Waals surface area contributed by atoms with E-state index in [0.29, 0.717) is 0 Å². The number of nitro groups is 1. The number of benzene rings is 2. The standard InChI is InChI=1S/C22H22BrClN6O8/c23-16-4-11(24)3-15(20(16)35)17(6-19(33)34)29-18(32)9-25-21(36)10-1-12(5-13(2-10)30(37)38)28-22-26-7-14(31)8-27-22/h1-5,14,17,31,35H,6-9H2,(H,25,36)(H,29,32)(H,33,34)(H2,26,27,28)/t17-/m0/s1. The minimum Gasteiger partial charge on any atom is -0.506 e. The molecule has 0 spiro atoms. The maximum atomic E-state index is 12.7. The Kier molecular flexibility index (Phi) is 9.44. The van der Waals surface area contributed by atoms with Crippen molar-refractivity contribution in [3.8, 4) is 5.75 Å². The lowest BCUT2D eigenvalue weighted by Crippen LogP contribution is -2.42. The van der Waals surface area contributed by atoms with Crippen molar-refractivity contribution in [1.29, 1.82) is 0 Å². The second kappa shape index (κ2) is 12.5. The highest BCUT2D eigenvalue weighted by Crippen LogP contribution is 2.36. The number of nitro benzene ring substituents is 1. The van der Waals surface area contributed by atoms with E-state index in [1.807, 2.05) is 0 Å². The van der Waals surface area contributed by atoms with Crippen LogP contribution >= 0.6 is 27.5 Å². The number of hydrogen-bond acceptors (Lipinski definition) is 10. The van der Waals surface area contributed by atoms with Crippen LogP contribution in [0.4, 0.5) is 11.4 Å². The summed E-state index contributed by atoms with van der Waals surface area (Å²) in [7, 11) is 0. The zero-order valence-electron chi connectivity index (χ0n) is 19.4. The number of aliphatic hydroxyl groups is 1. The summed E-state index contributed by atoms with van der Waals surface area (Å²) in [6.07, 6.45) is -1.26. The average Bonchev–Trinajstić information content (AvgIpc) is 2.85. The molecule has 0 saturated heterocycles. The molecule has 3 rings (SSSR count). The first-order valence-electron chi connectivity index (χ1n) is 10.9. The van der Waals surface area contributed by atoms with E-state index in [2.05, 4.69) is 42.2 Å². The normalized spacial score (nSPS) is 15.4. The van der Waals surface area contributed by atoms with Gasteiger partial charge in [0.05, 0.1) is 41.1 Å². The van der Waals surface area contributed by atoms with Crippen molar-refractivity contribution in [3.63, 3.8) is 0 Å². The number of aliphatic imine (C=N–C) groups is 1. The lowest BCUT2D eigenvalue weighted by atomic mass is 10.0. The van der Waals surface area contributed by atoms with Crippen LogP contribution in [0, 0.1) is 10.1 Å². The Morgan fingerprint density at radius 1 is 1.26 bits per heavy atom. The topological polar surface area (TPSA) is 216 Å². The molecule has 1 heterocycles. The number of nitrogens with one attached hydrogen (secondary N) is 4. The number of carbonyl (C=O) groups is 3. The molecule has 14 nitrogen and oxygen atoms in total. The first kappa shape index (κ1) is 28.6. The summed E-state index contributed by atoms with van der Waals surface area (Å²) in [5.41, 5.74) is -0.318. The van der Waals surface area contributed by atoms with Crippen LogP contribution in [0.2, 0.25) is 5.02 Å². The number of aromatic hydroxyl groups is 1. The van der Waals surface area contributed by atoms with Crippen molar-refractivity contribution < 1.29 is 34.6 Å². The molecular weight excluding hydrogens is 592 g/mol. The summed E-state index contributed by atoms with van der Waals surface area (Å²) >= 11 is 9.09. The molecule has 1 unspecified atom stereocenters. The van der Waals surface area contributed by atoms with Crippen molar-refractivity contribution in [2.45, 2.75) is 18.6 Å². The molecule has 0 radical (unpaired) electrons. The summed E-state index contributed by atoms with van der Waals surface area (Å²) in [6.45, 7) is -0.259. The van der Waals surface area contributed by atoms with Gasteiger partial charge in [-0.05, 0) is 34.1 Å². The van der Waals surface area contributed by atoms with E-state index in [1.165, 1.54) is 24.3 Å². The number of carboxylic acids is 1. The average molecular weight is 614 g/mol. The van der Waals surface area contributed by atoms with Crippen LogP contribution in [0.25, 0.3) is 0 Å². The predicted molar refractivity (Wildman–Crippen MR) is 139 cm³/mol. The molecule has 38 heavy (non-hydrogen) atoms.